The number of halogens is 2. The average molecular weight is 202 g/mol. The van der Waals surface area contributed by atoms with Crippen LogP contribution < -0.4 is 5.73 Å². The summed E-state index contributed by atoms with van der Waals surface area (Å²) in [7, 11) is 0. The van der Waals surface area contributed by atoms with Crippen molar-refractivity contribution in [2.45, 2.75) is 26.1 Å². The standard InChI is InChI=1S/C10H13ClFN/c1-6(12)8-3-4-9(7(2)13)10(11)5-8/h3-7H,13H2,1-2H3. The van der Waals surface area contributed by atoms with E-state index in [1.165, 1.54) is 6.92 Å². The highest BCUT2D eigenvalue weighted by atomic mass is 35.5. The van der Waals surface area contributed by atoms with Gasteiger partial charge in [0, 0.05) is 11.1 Å². The number of alkyl halides is 1. The molecule has 0 aliphatic heterocycles. The molecule has 0 fully saturated rings. The van der Waals surface area contributed by atoms with Gasteiger partial charge < -0.3 is 5.73 Å². The third-order valence-electron chi connectivity index (χ3n) is 1.97. The molecule has 2 atom stereocenters. The van der Waals surface area contributed by atoms with Crippen molar-refractivity contribution in [3.63, 3.8) is 0 Å². The molecule has 0 bridgehead atoms. The number of hydrogen-bond acceptors (Lipinski definition) is 1. The van der Waals surface area contributed by atoms with Crippen molar-refractivity contribution in [1.82, 2.24) is 0 Å². The predicted octanol–water partition coefficient (Wildman–Crippen LogP) is 3.39. The minimum Gasteiger partial charge on any atom is -0.324 e. The summed E-state index contributed by atoms with van der Waals surface area (Å²) in [5.74, 6) is 0. The van der Waals surface area contributed by atoms with Gasteiger partial charge in [-0.15, -0.1) is 0 Å². The van der Waals surface area contributed by atoms with Crippen molar-refractivity contribution in [1.29, 1.82) is 0 Å². The molecule has 0 radical (unpaired) electrons. The molecule has 0 saturated carbocycles. The van der Waals surface area contributed by atoms with Crippen LogP contribution in [0, 0.1) is 0 Å². The molecule has 13 heavy (non-hydrogen) atoms. The Kier molecular flexibility index (Phi) is 3.28. The molecule has 3 heteroatoms. The van der Waals surface area contributed by atoms with Crippen molar-refractivity contribution < 1.29 is 4.39 Å². The molecule has 0 heterocycles. The summed E-state index contributed by atoms with van der Waals surface area (Å²) in [6.07, 6.45) is -0.986. The zero-order chi connectivity index (χ0) is 10.0. The summed E-state index contributed by atoms with van der Waals surface area (Å²) in [5.41, 5.74) is 7.11. The lowest BCUT2D eigenvalue weighted by Gasteiger charge is -2.10. The maximum Gasteiger partial charge on any atom is 0.122 e. The topological polar surface area (TPSA) is 26.0 Å². The van der Waals surface area contributed by atoms with Crippen LogP contribution in [0.1, 0.15) is 37.2 Å². The Hall–Kier alpha value is -0.600. The van der Waals surface area contributed by atoms with Crippen LogP contribution in [0.4, 0.5) is 4.39 Å². The zero-order valence-electron chi connectivity index (χ0n) is 7.72. The molecule has 1 aromatic rings. The van der Waals surface area contributed by atoms with Crippen molar-refractivity contribution in [3.8, 4) is 0 Å². The summed E-state index contributed by atoms with van der Waals surface area (Å²) in [5, 5.41) is 0.539. The quantitative estimate of drug-likeness (QED) is 0.780. The Morgan fingerprint density at radius 2 is 2.00 bits per heavy atom. The lowest BCUT2D eigenvalue weighted by Crippen LogP contribution is -2.05. The van der Waals surface area contributed by atoms with Gasteiger partial charge in [-0.05, 0) is 31.0 Å². The Balaban J connectivity index is 3.06. The van der Waals surface area contributed by atoms with E-state index in [0.29, 0.717) is 10.6 Å². The second-order valence-electron chi connectivity index (χ2n) is 3.19. The highest BCUT2D eigenvalue weighted by Gasteiger charge is 2.08. The average Bonchev–Trinajstić information content (AvgIpc) is 2.03. The molecule has 2 N–H and O–H groups in total. The van der Waals surface area contributed by atoms with Gasteiger partial charge in [-0.3, -0.25) is 0 Å². The smallest absolute Gasteiger partial charge is 0.122 e. The van der Waals surface area contributed by atoms with Crippen molar-refractivity contribution >= 4 is 11.6 Å². The maximum absolute atomic E-state index is 12.9. The monoisotopic (exact) mass is 201 g/mol. The number of hydrogen-bond donors (Lipinski definition) is 1. The summed E-state index contributed by atoms with van der Waals surface area (Å²) < 4.78 is 12.9. The fourth-order valence-corrected chi connectivity index (χ4v) is 1.52. The molecule has 0 aliphatic rings. The van der Waals surface area contributed by atoms with Gasteiger partial charge in [0.15, 0.2) is 0 Å². The Morgan fingerprint density at radius 3 is 2.38 bits per heavy atom. The normalized spacial score (nSPS) is 15.5. The van der Waals surface area contributed by atoms with Crippen LogP contribution in [0.2, 0.25) is 5.02 Å². The molecule has 1 nitrogen and oxygen atoms in total. The molecule has 72 valence electrons. The van der Waals surface area contributed by atoms with Gasteiger partial charge in [0.05, 0.1) is 0 Å². The van der Waals surface area contributed by atoms with Crippen LogP contribution in [0.25, 0.3) is 0 Å². The Labute approximate surface area is 82.7 Å². The van der Waals surface area contributed by atoms with Crippen molar-refractivity contribution in [2.75, 3.05) is 0 Å². The molecule has 0 aliphatic carbocycles. The molecule has 2 unspecified atom stereocenters. The third kappa shape index (κ3) is 2.42. The SMILES string of the molecule is CC(N)c1ccc(C(C)F)cc1Cl. The zero-order valence-corrected chi connectivity index (χ0v) is 8.48. The fraction of sp³-hybridized carbons (Fsp3) is 0.400. The van der Waals surface area contributed by atoms with E-state index in [0.717, 1.165) is 5.56 Å². The van der Waals surface area contributed by atoms with E-state index < -0.39 is 6.17 Å². The first-order valence-corrected chi connectivity index (χ1v) is 4.59. The van der Waals surface area contributed by atoms with Gasteiger partial charge >= 0.3 is 0 Å². The summed E-state index contributed by atoms with van der Waals surface area (Å²) in [4.78, 5) is 0. The number of benzene rings is 1. The summed E-state index contributed by atoms with van der Waals surface area (Å²) in [6.45, 7) is 3.33. The molecular weight excluding hydrogens is 189 g/mol. The van der Waals surface area contributed by atoms with Crippen molar-refractivity contribution in [3.05, 3.63) is 34.3 Å². The van der Waals surface area contributed by atoms with E-state index >= 15 is 0 Å². The molecule has 0 aromatic heterocycles. The van der Waals surface area contributed by atoms with Gasteiger partial charge in [-0.2, -0.15) is 0 Å². The maximum atomic E-state index is 12.9. The first-order chi connectivity index (χ1) is 6.02. The first kappa shape index (κ1) is 10.5. The fourth-order valence-electron chi connectivity index (χ4n) is 1.16. The summed E-state index contributed by atoms with van der Waals surface area (Å²) >= 11 is 5.92. The van der Waals surface area contributed by atoms with Crippen molar-refractivity contribution in [2.24, 2.45) is 5.73 Å². The highest BCUT2D eigenvalue weighted by Crippen LogP contribution is 2.26. The third-order valence-corrected chi connectivity index (χ3v) is 2.30. The lowest BCUT2D eigenvalue weighted by molar-refractivity contribution is 0.374. The second-order valence-corrected chi connectivity index (χ2v) is 3.59. The second kappa shape index (κ2) is 4.07. The molecular formula is C10H13ClFN. The van der Waals surface area contributed by atoms with Crippen LogP contribution in [0.5, 0.6) is 0 Å². The van der Waals surface area contributed by atoms with Crippen LogP contribution in [0.15, 0.2) is 18.2 Å². The van der Waals surface area contributed by atoms with E-state index in [2.05, 4.69) is 0 Å². The first-order valence-electron chi connectivity index (χ1n) is 4.21. The molecule has 0 saturated heterocycles. The van der Waals surface area contributed by atoms with Gasteiger partial charge in [-0.25, -0.2) is 4.39 Å². The minimum absolute atomic E-state index is 0.114. The largest absolute Gasteiger partial charge is 0.324 e. The van der Waals surface area contributed by atoms with E-state index in [9.17, 15) is 4.39 Å². The molecule has 0 spiro atoms. The van der Waals surface area contributed by atoms with Crippen LogP contribution in [-0.2, 0) is 0 Å². The Bertz CT molecular complexity index is 297. The predicted molar refractivity (Wildman–Crippen MR) is 53.6 cm³/mol. The van der Waals surface area contributed by atoms with Crippen LogP contribution in [0.3, 0.4) is 0 Å². The van der Waals surface area contributed by atoms with Crippen LogP contribution >= 0.6 is 11.6 Å². The molecule has 1 aromatic carbocycles. The van der Waals surface area contributed by atoms with E-state index in [1.54, 1.807) is 18.2 Å². The van der Waals surface area contributed by atoms with E-state index in [1.807, 2.05) is 6.92 Å². The number of nitrogens with two attached hydrogens (primary N) is 1. The van der Waals surface area contributed by atoms with E-state index in [4.69, 9.17) is 17.3 Å². The van der Waals surface area contributed by atoms with Gasteiger partial charge in [0.25, 0.3) is 0 Å². The Morgan fingerprint density at radius 1 is 1.38 bits per heavy atom. The highest BCUT2D eigenvalue weighted by molar-refractivity contribution is 6.31. The van der Waals surface area contributed by atoms with Gasteiger partial charge in [-0.1, -0.05) is 23.7 Å². The van der Waals surface area contributed by atoms with Gasteiger partial charge in [0.1, 0.15) is 6.17 Å². The van der Waals surface area contributed by atoms with E-state index in [-0.39, 0.29) is 6.04 Å². The molecule has 1 rings (SSSR count). The van der Waals surface area contributed by atoms with Gasteiger partial charge in [0.2, 0.25) is 0 Å². The minimum atomic E-state index is -0.986. The number of rotatable bonds is 2. The lowest BCUT2D eigenvalue weighted by atomic mass is 10.0. The summed E-state index contributed by atoms with van der Waals surface area (Å²) in [6, 6.07) is 5.01. The van der Waals surface area contributed by atoms with Crippen LogP contribution in [-0.4, -0.2) is 0 Å². The molecule has 0 amide bonds.